The molecule has 3 atom stereocenters. The molecule has 6 nitrogen and oxygen atoms in total. The fourth-order valence-electron chi connectivity index (χ4n) is 2.56. The Kier molecular flexibility index (Phi) is 12.0. The van der Waals surface area contributed by atoms with Crippen LogP contribution in [-0.4, -0.2) is 49.5 Å². The van der Waals surface area contributed by atoms with Crippen LogP contribution in [0.15, 0.2) is 91.0 Å². The summed E-state index contributed by atoms with van der Waals surface area (Å²) in [6.45, 7) is 2.35. The number of halogens is 3. The van der Waals surface area contributed by atoms with Crippen LogP contribution in [0.1, 0.15) is 24.2 Å². The normalized spacial score (nSPS) is 13.7. The Morgan fingerprint density at radius 3 is 1.31 bits per heavy atom. The molecule has 0 saturated carbocycles. The zero-order valence-electron chi connectivity index (χ0n) is 19.1. The molecule has 0 aliphatic heterocycles. The standard InChI is InChI=1S/C12H12O2P.C7H6O2.C6H11F3O2/c13-15(14,11-7-3-1-4-8-11)12-9-5-2-6-10-12;8-7(9)6-4-2-1-3-5-6;1-3(4(2)10)5(11)6(7,8)9/h1-10,13-14H;1-5H,(H,8,9);3-5,10-11H,1-2H3/q+1;;. The van der Waals surface area contributed by atoms with Gasteiger partial charge < -0.3 is 15.3 Å². The highest BCUT2D eigenvalue weighted by Crippen LogP contribution is 2.46. The van der Waals surface area contributed by atoms with Crippen LogP contribution in [0.2, 0.25) is 0 Å². The number of aliphatic hydroxyl groups is 2. The van der Waals surface area contributed by atoms with Crippen molar-refractivity contribution in [3.63, 3.8) is 0 Å². The van der Waals surface area contributed by atoms with E-state index in [0.717, 1.165) is 6.92 Å². The molecule has 0 amide bonds. The first-order valence-corrected chi connectivity index (χ1v) is 12.1. The molecule has 0 heterocycles. The van der Waals surface area contributed by atoms with Gasteiger partial charge >= 0.3 is 19.9 Å². The third kappa shape index (κ3) is 10.1. The molecule has 0 spiro atoms. The molecule has 0 fully saturated rings. The number of carbonyl (C=O) groups is 1. The second-order valence-electron chi connectivity index (χ2n) is 7.53. The summed E-state index contributed by atoms with van der Waals surface area (Å²) in [5.41, 5.74) is 0.331. The molecule has 0 bridgehead atoms. The van der Waals surface area contributed by atoms with Crippen LogP contribution < -0.4 is 10.6 Å². The summed E-state index contributed by atoms with van der Waals surface area (Å²) in [4.78, 5) is 30.4. The van der Waals surface area contributed by atoms with Gasteiger partial charge in [-0.15, -0.1) is 0 Å². The molecule has 190 valence electrons. The molecular formula is C25H29F3O6P+. The van der Waals surface area contributed by atoms with E-state index in [-0.39, 0.29) is 0 Å². The first kappa shape index (κ1) is 30.2. The van der Waals surface area contributed by atoms with E-state index in [2.05, 4.69) is 0 Å². The first-order chi connectivity index (χ1) is 16.3. The zero-order chi connectivity index (χ0) is 26.6. The summed E-state index contributed by atoms with van der Waals surface area (Å²) < 4.78 is 35.1. The number of carboxylic acids is 1. The largest absolute Gasteiger partial charge is 0.478 e. The molecule has 0 aliphatic rings. The molecule has 3 unspecified atom stereocenters. The van der Waals surface area contributed by atoms with Crippen LogP contribution in [0.25, 0.3) is 0 Å². The number of carboxylic acid groups (broad SMARTS) is 1. The van der Waals surface area contributed by atoms with Crippen molar-refractivity contribution < 1.29 is 43.1 Å². The van der Waals surface area contributed by atoms with Crippen molar-refractivity contribution >= 4 is 24.3 Å². The molecular weight excluding hydrogens is 484 g/mol. The van der Waals surface area contributed by atoms with Gasteiger partial charge in [-0.1, -0.05) is 61.5 Å². The lowest BCUT2D eigenvalue weighted by atomic mass is 9.99. The topological polar surface area (TPSA) is 118 Å². The summed E-state index contributed by atoms with van der Waals surface area (Å²) in [5, 5.41) is 26.8. The monoisotopic (exact) mass is 513 g/mol. The molecule has 10 heteroatoms. The van der Waals surface area contributed by atoms with E-state index < -0.39 is 38.0 Å². The van der Waals surface area contributed by atoms with Crippen molar-refractivity contribution in [1.29, 1.82) is 0 Å². The predicted octanol–water partition coefficient (Wildman–Crippen LogP) is 3.78. The van der Waals surface area contributed by atoms with Crippen LogP contribution in [0.3, 0.4) is 0 Å². The SMILES string of the molecule is CC(O)C(C)C(O)C(F)(F)F.O=C(O)c1ccccc1.O[P+](O)(c1ccccc1)c1ccccc1. The molecule has 5 N–H and O–H groups in total. The first-order valence-electron chi connectivity index (χ1n) is 10.5. The zero-order valence-corrected chi connectivity index (χ0v) is 20.0. The molecule has 0 radical (unpaired) electrons. The molecule has 0 aromatic heterocycles. The number of hydrogen-bond acceptors (Lipinski definition) is 5. The van der Waals surface area contributed by atoms with Gasteiger partial charge in [0.25, 0.3) is 0 Å². The minimum absolute atomic E-state index is 0.331. The number of benzene rings is 3. The quantitative estimate of drug-likeness (QED) is 0.332. The van der Waals surface area contributed by atoms with Gasteiger partial charge in [-0.25, -0.2) is 14.6 Å². The van der Waals surface area contributed by atoms with Crippen molar-refractivity contribution in [3.8, 4) is 0 Å². The molecule has 0 saturated heterocycles. The molecule has 35 heavy (non-hydrogen) atoms. The van der Waals surface area contributed by atoms with E-state index in [1.54, 1.807) is 78.9 Å². The van der Waals surface area contributed by atoms with Crippen molar-refractivity contribution in [2.45, 2.75) is 32.2 Å². The Hall–Kier alpha value is -2.81. The second-order valence-corrected chi connectivity index (χ2v) is 9.76. The molecule has 0 aliphatic carbocycles. The van der Waals surface area contributed by atoms with Crippen molar-refractivity contribution in [1.82, 2.24) is 0 Å². The highest BCUT2D eigenvalue weighted by atomic mass is 31.2. The average molecular weight is 513 g/mol. The Balaban J connectivity index is 0.000000273. The van der Waals surface area contributed by atoms with E-state index in [1.165, 1.54) is 6.92 Å². The fraction of sp³-hybridized carbons (Fsp3) is 0.240. The molecule has 3 aromatic rings. The number of alkyl halides is 3. The summed E-state index contributed by atoms with van der Waals surface area (Å²) in [7, 11) is -3.15. The summed E-state index contributed by atoms with van der Waals surface area (Å²) in [5.74, 6) is -2.06. The third-order valence-electron chi connectivity index (χ3n) is 4.85. The van der Waals surface area contributed by atoms with Crippen LogP contribution in [0.5, 0.6) is 0 Å². The molecule has 3 aromatic carbocycles. The van der Waals surface area contributed by atoms with Crippen LogP contribution in [-0.2, 0) is 0 Å². The van der Waals surface area contributed by atoms with Crippen molar-refractivity contribution in [3.05, 3.63) is 96.6 Å². The average Bonchev–Trinajstić information content (AvgIpc) is 2.85. The highest BCUT2D eigenvalue weighted by Gasteiger charge is 2.43. The fourth-order valence-corrected chi connectivity index (χ4v) is 4.04. The Bertz CT molecular complexity index is 958. The van der Waals surface area contributed by atoms with Crippen LogP contribution >= 0.6 is 7.72 Å². The van der Waals surface area contributed by atoms with Crippen molar-refractivity contribution in [2.75, 3.05) is 0 Å². The van der Waals surface area contributed by atoms with E-state index in [4.69, 9.17) is 15.3 Å². The highest BCUT2D eigenvalue weighted by molar-refractivity contribution is 7.79. The lowest BCUT2D eigenvalue weighted by Gasteiger charge is -2.23. The van der Waals surface area contributed by atoms with Gasteiger partial charge in [-0.3, -0.25) is 0 Å². The van der Waals surface area contributed by atoms with Crippen molar-refractivity contribution in [2.24, 2.45) is 5.92 Å². The van der Waals surface area contributed by atoms with Gasteiger partial charge in [-0.05, 0) is 43.3 Å². The van der Waals surface area contributed by atoms with E-state index in [9.17, 15) is 27.8 Å². The minimum Gasteiger partial charge on any atom is -0.478 e. The Labute approximate surface area is 202 Å². The lowest BCUT2D eigenvalue weighted by Crippen LogP contribution is -2.39. The maximum Gasteiger partial charge on any atom is 0.414 e. The Morgan fingerprint density at radius 2 is 1.09 bits per heavy atom. The maximum atomic E-state index is 11.7. The molecule has 3 rings (SSSR count). The van der Waals surface area contributed by atoms with Gasteiger partial charge in [0.05, 0.1) is 11.7 Å². The van der Waals surface area contributed by atoms with Gasteiger partial charge in [0.1, 0.15) is 0 Å². The van der Waals surface area contributed by atoms with E-state index in [1.807, 2.05) is 12.1 Å². The number of aromatic carboxylic acids is 1. The van der Waals surface area contributed by atoms with Crippen LogP contribution in [0.4, 0.5) is 13.2 Å². The summed E-state index contributed by atoms with van der Waals surface area (Å²) >= 11 is 0. The van der Waals surface area contributed by atoms with Gasteiger partial charge in [0, 0.05) is 5.92 Å². The predicted molar refractivity (Wildman–Crippen MR) is 130 cm³/mol. The van der Waals surface area contributed by atoms with Crippen LogP contribution in [0, 0.1) is 5.92 Å². The van der Waals surface area contributed by atoms with E-state index in [0.29, 0.717) is 16.2 Å². The maximum absolute atomic E-state index is 11.7. The second kappa shape index (κ2) is 13.9. The minimum atomic E-state index is -4.64. The van der Waals surface area contributed by atoms with Gasteiger partial charge in [0.15, 0.2) is 16.7 Å². The van der Waals surface area contributed by atoms with E-state index >= 15 is 0 Å². The third-order valence-corrected chi connectivity index (χ3v) is 6.88. The van der Waals surface area contributed by atoms with Gasteiger partial charge in [-0.2, -0.15) is 13.2 Å². The van der Waals surface area contributed by atoms with Gasteiger partial charge in [0.2, 0.25) is 0 Å². The number of hydrogen-bond donors (Lipinski definition) is 5. The number of rotatable bonds is 5. The lowest BCUT2D eigenvalue weighted by molar-refractivity contribution is -0.225. The Morgan fingerprint density at radius 1 is 0.743 bits per heavy atom. The number of aliphatic hydroxyl groups excluding tert-OH is 2. The summed E-state index contributed by atoms with van der Waals surface area (Å²) in [6.07, 6.45) is -8.25. The smallest absolute Gasteiger partial charge is 0.414 e. The summed E-state index contributed by atoms with van der Waals surface area (Å²) in [6, 6.07) is 26.2.